The van der Waals surface area contributed by atoms with Crippen LogP contribution in [-0.2, 0) is 9.53 Å². The fraction of sp³-hybridized carbons (Fsp3) is 0.385. The molecule has 0 bridgehead atoms. The monoisotopic (exact) mass is 249 g/mol. The number of nitrogens with two attached hydrogens (primary N) is 1. The van der Waals surface area contributed by atoms with E-state index in [1.165, 1.54) is 7.11 Å². The van der Waals surface area contributed by atoms with Crippen LogP contribution >= 0.6 is 0 Å². The summed E-state index contributed by atoms with van der Waals surface area (Å²) in [7, 11) is 1.33. The Hall–Kier alpha value is -2.04. The van der Waals surface area contributed by atoms with Crippen molar-refractivity contribution in [2.75, 3.05) is 7.11 Å². The molecule has 5 nitrogen and oxygen atoms in total. The van der Waals surface area contributed by atoms with E-state index in [0.717, 1.165) is 5.56 Å². The zero-order chi connectivity index (χ0) is 13.5. The van der Waals surface area contributed by atoms with Gasteiger partial charge in [0.25, 0.3) is 0 Å². The molecule has 0 fully saturated rings. The first-order valence-electron chi connectivity index (χ1n) is 5.77. The molecule has 0 aliphatic carbocycles. The van der Waals surface area contributed by atoms with E-state index in [9.17, 15) is 4.79 Å². The molecule has 98 valence electrons. The lowest BCUT2D eigenvalue weighted by molar-refractivity contribution is -0.142. The summed E-state index contributed by atoms with van der Waals surface area (Å²) >= 11 is 0. The van der Waals surface area contributed by atoms with Gasteiger partial charge in [0.15, 0.2) is 12.0 Å². The van der Waals surface area contributed by atoms with Gasteiger partial charge < -0.3 is 15.8 Å². The molecule has 1 rings (SSSR count). The highest BCUT2D eigenvalue weighted by Crippen LogP contribution is 2.18. The number of rotatable bonds is 4. The Labute approximate surface area is 107 Å². The molecule has 1 aromatic rings. The highest BCUT2D eigenvalue weighted by atomic mass is 16.5. The van der Waals surface area contributed by atoms with Crippen LogP contribution in [0.2, 0.25) is 0 Å². The summed E-state index contributed by atoms with van der Waals surface area (Å²) in [5.41, 5.74) is 6.48. The highest BCUT2D eigenvalue weighted by Gasteiger charge is 2.20. The first kappa shape index (κ1) is 14.0. The molecule has 0 saturated heterocycles. The largest absolute Gasteiger partial charge is 0.467 e. The molecule has 0 heterocycles. The molecule has 0 aliphatic heterocycles. The summed E-state index contributed by atoms with van der Waals surface area (Å²) in [5.74, 6) is -0.209. The molecule has 18 heavy (non-hydrogen) atoms. The zero-order valence-electron chi connectivity index (χ0n) is 10.9. The minimum absolute atomic E-state index is 0.155. The molecule has 1 aromatic carbocycles. The van der Waals surface area contributed by atoms with Crippen LogP contribution in [0.4, 0.5) is 0 Å². The summed E-state index contributed by atoms with van der Waals surface area (Å²) in [5, 5.41) is 2.94. The summed E-state index contributed by atoms with van der Waals surface area (Å²) in [6.45, 7) is 3.89. The van der Waals surface area contributed by atoms with Crippen LogP contribution in [0.3, 0.4) is 0 Å². The van der Waals surface area contributed by atoms with Crippen LogP contribution in [0.25, 0.3) is 0 Å². The van der Waals surface area contributed by atoms with Gasteiger partial charge in [0.05, 0.1) is 7.11 Å². The van der Waals surface area contributed by atoms with E-state index in [2.05, 4.69) is 10.3 Å². The average molecular weight is 249 g/mol. The van der Waals surface area contributed by atoms with Gasteiger partial charge in [-0.2, -0.15) is 0 Å². The number of guanidine groups is 1. The van der Waals surface area contributed by atoms with Gasteiger partial charge in [-0.15, -0.1) is 0 Å². The number of hydrogen-bond donors (Lipinski definition) is 2. The summed E-state index contributed by atoms with van der Waals surface area (Å²) in [6, 6.07) is 8.60. The van der Waals surface area contributed by atoms with E-state index < -0.39 is 12.0 Å². The van der Waals surface area contributed by atoms with Crippen LogP contribution in [-0.4, -0.2) is 25.1 Å². The standard InChI is InChI=1S/C13H19N3O2/c1-9(2)15-13(14)16-11(12(17)18-3)10-7-5-4-6-8-10/h4-9,11H,1-3H3,(H3,14,15,16). The predicted octanol–water partition coefficient (Wildman–Crippen LogP) is 1.21. The fourth-order valence-electron chi connectivity index (χ4n) is 1.48. The van der Waals surface area contributed by atoms with Gasteiger partial charge in [-0.05, 0) is 19.4 Å². The van der Waals surface area contributed by atoms with Gasteiger partial charge in [0.2, 0.25) is 0 Å². The van der Waals surface area contributed by atoms with E-state index in [-0.39, 0.29) is 12.0 Å². The van der Waals surface area contributed by atoms with Gasteiger partial charge in [-0.3, -0.25) is 0 Å². The number of nitrogens with zero attached hydrogens (tertiary/aromatic N) is 1. The lowest BCUT2D eigenvalue weighted by atomic mass is 10.1. The summed E-state index contributed by atoms with van der Waals surface area (Å²) in [6.07, 6.45) is 0. The maximum absolute atomic E-state index is 11.7. The number of methoxy groups -OCH3 is 1. The minimum atomic E-state index is -0.734. The molecule has 1 atom stereocenters. The minimum Gasteiger partial charge on any atom is -0.467 e. The second-order valence-electron chi connectivity index (χ2n) is 4.15. The third kappa shape index (κ3) is 4.08. The number of carbonyl (C=O) groups is 1. The van der Waals surface area contributed by atoms with Crippen LogP contribution in [0.5, 0.6) is 0 Å². The Morgan fingerprint density at radius 2 is 1.94 bits per heavy atom. The van der Waals surface area contributed by atoms with Crippen LogP contribution in [0.1, 0.15) is 25.5 Å². The summed E-state index contributed by atoms with van der Waals surface area (Å²) in [4.78, 5) is 15.9. The van der Waals surface area contributed by atoms with Crippen molar-refractivity contribution in [3.05, 3.63) is 35.9 Å². The van der Waals surface area contributed by atoms with Crippen molar-refractivity contribution >= 4 is 11.9 Å². The number of carbonyl (C=O) groups excluding carboxylic acids is 1. The van der Waals surface area contributed by atoms with Crippen molar-refractivity contribution in [3.63, 3.8) is 0 Å². The van der Waals surface area contributed by atoms with Gasteiger partial charge in [-0.1, -0.05) is 30.3 Å². The van der Waals surface area contributed by atoms with Crippen molar-refractivity contribution in [1.82, 2.24) is 5.32 Å². The number of esters is 1. The number of ether oxygens (including phenoxy) is 1. The normalized spacial score (nSPS) is 13.2. The number of nitrogens with one attached hydrogen (secondary N) is 1. The molecule has 0 aliphatic rings. The number of aliphatic imine (C=N–C) groups is 1. The third-order valence-electron chi connectivity index (χ3n) is 2.24. The van der Waals surface area contributed by atoms with Crippen molar-refractivity contribution in [1.29, 1.82) is 0 Å². The van der Waals surface area contributed by atoms with Crippen LogP contribution in [0, 0.1) is 0 Å². The molecule has 0 amide bonds. The predicted molar refractivity (Wildman–Crippen MR) is 71.1 cm³/mol. The van der Waals surface area contributed by atoms with E-state index >= 15 is 0 Å². The SMILES string of the molecule is COC(=O)C(N=C(N)NC(C)C)c1ccccc1. The van der Waals surface area contributed by atoms with Gasteiger partial charge in [0, 0.05) is 6.04 Å². The molecule has 3 N–H and O–H groups in total. The second-order valence-corrected chi connectivity index (χ2v) is 4.15. The lowest BCUT2D eigenvalue weighted by Gasteiger charge is -2.14. The molecule has 0 radical (unpaired) electrons. The van der Waals surface area contributed by atoms with Crippen molar-refractivity contribution in [3.8, 4) is 0 Å². The van der Waals surface area contributed by atoms with E-state index in [1.807, 2.05) is 44.2 Å². The van der Waals surface area contributed by atoms with Gasteiger partial charge >= 0.3 is 5.97 Å². The van der Waals surface area contributed by atoms with Crippen molar-refractivity contribution < 1.29 is 9.53 Å². The Morgan fingerprint density at radius 3 is 2.44 bits per heavy atom. The summed E-state index contributed by atoms with van der Waals surface area (Å²) < 4.78 is 4.74. The van der Waals surface area contributed by atoms with Gasteiger partial charge in [0.1, 0.15) is 0 Å². The molecule has 5 heteroatoms. The molecule has 0 spiro atoms. The Kier molecular flexibility index (Phi) is 5.17. The Bertz CT molecular complexity index is 416. The fourth-order valence-corrected chi connectivity index (χ4v) is 1.48. The highest BCUT2D eigenvalue weighted by molar-refractivity contribution is 5.84. The molecule has 0 saturated carbocycles. The van der Waals surface area contributed by atoms with E-state index in [1.54, 1.807) is 0 Å². The van der Waals surface area contributed by atoms with Crippen LogP contribution in [0.15, 0.2) is 35.3 Å². The molecular formula is C13H19N3O2. The molecule has 0 aromatic heterocycles. The average Bonchev–Trinajstić information content (AvgIpc) is 2.35. The molecule has 1 unspecified atom stereocenters. The second kappa shape index (κ2) is 6.64. The van der Waals surface area contributed by atoms with Crippen LogP contribution < -0.4 is 11.1 Å². The maximum Gasteiger partial charge on any atom is 0.335 e. The smallest absolute Gasteiger partial charge is 0.335 e. The third-order valence-corrected chi connectivity index (χ3v) is 2.24. The van der Waals surface area contributed by atoms with Gasteiger partial charge in [-0.25, -0.2) is 9.79 Å². The van der Waals surface area contributed by atoms with Crippen molar-refractivity contribution in [2.45, 2.75) is 25.9 Å². The Morgan fingerprint density at radius 1 is 1.33 bits per heavy atom. The topological polar surface area (TPSA) is 76.7 Å². The number of benzene rings is 1. The quantitative estimate of drug-likeness (QED) is 0.478. The maximum atomic E-state index is 11.7. The van der Waals surface area contributed by atoms with E-state index in [4.69, 9.17) is 10.5 Å². The first-order chi connectivity index (χ1) is 8.54. The Balaban J connectivity index is 2.97. The number of hydrogen-bond acceptors (Lipinski definition) is 3. The lowest BCUT2D eigenvalue weighted by Crippen LogP contribution is -2.37. The first-order valence-corrected chi connectivity index (χ1v) is 5.77. The molecular weight excluding hydrogens is 230 g/mol. The van der Waals surface area contributed by atoms with E-state index in [0.29, 0.717) is 0 Å². The van der Waals surface area contributed by atoms with Crippen molar-refractivity contribution in [2.24, 2.45) is 10.7 Å². The zero-order valence-corrected chi connectivity index (χ0v) is 10.9.